The van der Waals surface area contributed by atoms with Gasteiger partial charge >= 0.3 is 0 Å². The molecule has 0 radical (unpaired) electrons. The molecule has 0 aliphatic carbocycles. The van der Waals surface area contributed by atoms with Crippen LogP contribution in [0.5, 0.6) is 0 Å². The predicted molar refractivity (Wildman–Crippen MR) is 82.9 cm³/mol. The molecule has 2 rings (SSSR count). The molecule has 0 bridgehead atoms. The van der Waals surface area contributed by atoms with Crippen molar-refractivity contribution in [3.05, 3.63) is 31.8 Å². The van der Waals surface area contributed by atoms with Crippen molar-refractivity contribution in [1.29, 1.82) is 0 Å². The van der Waals surface area contributed by atoms with Gasteiger partial charge in [-0.1, -0.05) is 6.92 Å². The quantitative estimate of drug-likeness (QED) is 0.851. The topological polar surface area (TPSA) is 37.8 Å². The number of aromatic nitrogens is 2. The molecule has 0 aliphatic heterocycles. The Kier molecular flexibility index (Phi) is 4.89. The summed E-state index contributed by atoms with van der Waals surface area (Å²) in [7, 11) is 0. The number of hydrogen-bond acceptors (Lipinski definition) is 4. The maximum atomic E-state index is 4.60. The number of thiazole rings is 1. The molecule has 2 aromatic rings. The summed E-state index contributed by atoms with van der Waals surface area (Å²) in [6.07, 6.45) is 1.79. The van der Waals surface area contributed by atoms with Crippen LogP contribution in [0.4, 0.5) is 0 Å². The van der Waals surface area contributed by atoms with Crippen LogP contribution >= 0.6 is 43.2 Å². The molecule has 18 heavy (non-hydrogen) atoms. The second-order valence-corrected chi connectivity index (χ2v) is 6.65. The maximum Gasteiger partial charge on any atom is 0.143 e. The van der Waals surface area contributed by atoms with Gasteiger partial charge in [-0.05, 0) is 51.4 Å². The van der Waals surface area contributed by atoms with Gasteiger partial charge in [-0.2, -0.15) is 0 Å². The fraction of sp³-hybridized carbons (Fsp3) is 0.333. The highest BCUT2D eigenvalue weighted by Crippen LogP contribution is 2.32. The zero-order chi connectivity index (χ0) is 13.1. The molecule has 2 aromatic heterocycles. The molecule has 0 aromatic carbocycles. The molecular formula is C12H13Br2N3S. The van der Waals surface area contributed by atoms with Crippen molar-refractivity contribution in [3.8, 4) is 10.7 Å². The minimum Gasteiger partial charge on any atom is -0.312 e. The van der Waals surface area contributed by atoms with Crippen molar-refractivity contribution in [1.82, 2.24) is 15.3 Å². The van der Waals surface area contributed by atoms with Crippen LogP contribution in [0.1, 0.15) is 17.5 Å². The number of pyridine rings is 1. The zero-order valence-electron chi connectivity index (χ0n) is 10.1. The molecule has 96 valence electrons. The van der Waals surface area contributed by atoms with Gasteiger partial charge in [0, 0.05) is 26.6 Å². The third-order valence-corrected chi connectivity index (χ3v) is 4.64. The Bertz CT molecular complexity index is 554. The normalized spacial score (nSPS) is 10.9. The summed E-state index contributed by atoms with van der Waals surface area (Å²) in [5.41, 5.74) is 1.97. The third-order valence-electron chi connectivity index (χ3n) is 2.44. The van der Waals surface area contributed by atoms with Crippen molar-refractivity contribution in [3.63, 3.8) is 0 Å². The Labute approximate surface area is 127 Å². The lowest BCUT2D eigenvalue weighted by Crippen LogP contribution is -2.11. The Hall–Kier alpha value is -0.300. The molecule has 0 saturated carbocycles. The molecule has 0 amide bonds. The van der Waals surface area contributed by atoms with Gasteiger partial charge in [-0.3, -0.25) is 4.98 Å². The lowest BCUT2D eigenvalue weighted by molar-refractivity contribution is 0.731. The van der Waals surface area contributed by atoms with E-state index in [1.54, 1.807) is 17.5 Å². The second-order valence-electron chi connectivity index (χ2n) is 3.79. The zero-order valence-corrected chi connectivity index (χ0v) is 14.1. The van der Waals surface area contributed by atoms with E-state index in [4.69, 9.17) is 0 Å². The van der Waals surface area contributed by atoms with Crippen molar-refractivity contribution >= 4 is 43.2 Å². The molecular weight excluding hydrogens is 378 g/mol. The van der Waals surface area contributed by atoms with Gasteiger partial charge in [-0.15, -0.1) is 11.3 Å². The van der Waals surface area contributed by atoms with E-state index in [-0.39, 0.29) is 0 Å². The van der Waals surface area contributed by atoms with Gasteiger partial charge in [0.1, 0.15) is 10.7 Å². The largest absolute Gasteiger partial charge is 0.312 e. The first-order chi connectivity index (χ1) is 8.61. The summed E-state index contributed by atoms with van der Waals surface area (Å²) in [5.74, 6) is 0. The average molecular weight is 391 g/mol. The highest BCUT2D eigenvalue weighted by atomic mass is 79.9. The predicted octanol–water partition coefficient (Wildman–Crippen LogP) is 4.15. The van der Waals surface area contributed by atoms with E-state index < -0.39 is 0 Å². The van der Waals surface area contributed by atoms with E-state index in [0.717, 1.165) is 38.4 Å². The monoisotopic (exact) mass is 389 g/mol. The smallest absolute Gasteiger partial charge is 0.143 e. The van der Waals surface area contributed by atoms with E-state index >= 15 is 0 Å². The van der Waals surface area contributed by atoms with Crippen LogP contribution in [-0.2, 0) is 6.54 Å². The lowest BCUT2D eigenvalue weighted by atomic mass is 10.3. The van der Waals surface area contributed by atoms with Gasteiger partial charge in [0.2, 0.25) is 0 Å². The SMILES string of the molecule is CCNCc1sc(-c2ncc(Br)cc2Br)nc1C. The van der Waals surface area contributed by atoms with E-state index in [1.807, 2.05) is 13.0 Å². The number of rotatable bonds is 4. The Morgan fingerprint density at radius 1 is 1.39 bits per heavy atom. The summed E-state index contributed by atoms with van der Waals surface area (Å²) >= 11 is 8.62. The molecule has 0 atom stereocenters. The van der Waals surface area contributed by atoms with Crippen LogP contribution in [0.15, 0.2) is 21.2 Å². The van der Waals surface area contributed by atoms with Crippen LogP contribution in [0, 0.1) is 6.92 Å². The number of nitrogens with one attached hydrogen (secondary N) is 1. The van der Waals surface area contributed by atoms with E-state index in [9.17, 15) is 0 Å². The molecule has 0 aliphatic rings. The van der Waals surface area contributed by atoms with Gasteiger partial charge in [0.05, 0.1) is 5.69 Å². The molecule has 0 spiro atoms. The van der Waals surface area contributed by atoms with Crippen LogP contribution in [0.2, 0.25) is 0 Å². The van der Waals surface area contributed by atoms with Crippen molar-refractivity contribution in [2.75, 3.05) is 6.54 Å². The van der Waals surface area contributed by atoms with Crippen LogP contribution < -0.4 is 5.32 Å². The summed E-state index contributed by atoms with van der Waals surface area (Å²) in [6.45, 7) is 5.98. The number of hydrogen-bond donors (Lipinski definition) is 1. The van der Waals surface area contributed by atoms with Crippen molar-refractivity contribution < 1.29 is 0 Å². The molecule has 6 heteroatoms. The maximum absolute atomic E-state index is 4.60. The number of halogens is 2. The average Bonchev–Trinajstić information content (AvgIpc) is 2.68. The molecule has 0 unspecified atom stereocenters. The van der Waals surface area contributed by atoms with Gasteiger partial charge < -0.3 is 5.32 Å². The van der Waals surface area contributed by atoms with Crippen LogP contribution in [-0.4, -0.2) is 16.5 Å². The van der Waals surface area contributed by atoms with E-state index in [2.05, 4.69) is 54.1 Å². The Balaban J connectivity index is 2.33. The summed E-state index contributed by atoms with van der Waals surface area (Å²) in [4.78, 5) is 10.3. The van der Waals surface area contributed by atoms with Gasteiger partial charge in [0.25, 0.3) is 0 Å². The van der Waals surface area contributed by atoms with E-state index in [0.29, 0.717) is 0 Å². The minimum absolute atomic E-state index is 0.869. The van der Waals surface area contributed by atoms with Crippen molar-refractivity contribution in [2.24, 2.45) is 0 Å². The Morgan fingerprint density at radius 2 is 2.17 bits per heavy atom. The summed E-state index contributed by atoms with van der Waals surface area (Å²) in [5, 5.41) is 4.28. The van der Waals surface area contributed by atoms with Crippen molar-refractivity contribution in [2.45, 2.75) is 20.4 Å². The molecule has 0 fully saturated rings. The first kappa shape index (κ1) is 14.1. The summed E-state index contributed by atoms with van der Waals surface area (Å²) in [6, 6.07) is 1.99. The first-order valence-corrected chi connectivity index (χ1v) is 8.00. The minimum atomic E-state index is 0.869. The third kappa shape index (κ3) is 3.17. The highest BCUT2D eigenvalue weighted by Gasteiger charge is 2.13. The number of nitrogens with zero attached hydrogens (tertiary/aromatic N) is 2. The lowest BCUT2D eigenvalue weighted by Gasteiger charge is -1.99. The molecule has 3 nitrogen and oxygen atoms in total. The number of aryl methyl sites for hydroxylation is 1. The Morgan fingerprint density at radius 3 is 2.83 bits per heavy atom. The summed E-state index contributed by atoms with van der Waals surface area (Å²) < 4.78 is 1.92. The van der Waals surface area contributed by atoms with Crippen LogP contribution in [0.25, 0.3) is 10.7 Å². The van der Waals surface area contributed by atoms with E-state index in [1.165, 1.54) is 4.88 Å². The fourth-order valence-corrected chi connectivity index (χ4v) is 3.85. The molecule has 1 N–H and O–H groups in total. The fourth-order valence-electron chi connectivity index (χ4n) is 1.50. The second kappa shape index (κ2) is 6.23. The van der Waals surface area contributed by atoms with Crippen LogP contribution in [0.3, 0.4) is 0 Å². The van der Waals surface area contributed by atoms with Gasteiger partial charge in [-0.25, -0.2) is 4.98 Å². The first-order valence-electron chi connectivity index (χ1n) is 5.60. The van der Waals surface area contributed by atoms with Gasteiger partial charge in [0.15, 0.2) is 0 Å². The highest BCUT2D eigenvalue weighted by molar-refractivity contribution is 9.11. The standard InChI is InChI=1S/C12H13Br2N3S/c1-3-15-6-10-7(2)17-12(18-10)11-9(14)4-8(13)5-16-11/h4-5,15H,3,6H2,1-2H3. The molecule has 2 heterocycles. The molecule has 0 saturated heterocycles.